The molecular formula is C20H22N4O4. The zero-order chi connectivity index (χ0) is 19.7. The third-order valence-corrected chi connectivity index (χ3v) is 5.03. The van der Waals surface area contributed by atoms with Crippen LogP contribution < -0.4 is 5.32 Å². The molecule has 2 amide bonds. The minimum absolute atomic E-state index is 0.194. The summed E-state index contributed by atoms with van der Waals surface area (Å²) in [6.45, 7) is 3.30. The Morgan fingerprint density at radius 3 is 2.93 bits per heavy atom. The molecule has 1 atom stereocenters. The second-order valence-electron chi connectivity index (χ2n) is 6.80. The largest absolute Gasteiger partial charge is 0.451 e. The normalized spacial score (nSPS) is 16.2. The quantitative estimate of drug-likeness (QED) is 0.681. The Balaban J connectivity index is 1.60. The van der Waals surface area contributed by atoms with Gasteiger partial charge in [-0.25, -0.2) is 0 Å². The zero-order valence-corrected chi connectivity index (χ0v) is 15.8. The van der Waals surface area contributed by atoms with Crippen LogP contribution in [-0.2, 0) is 16.1 Å². The Morgan fingerprint density at radius 1 is 1.32 bits per heavy atom. The highest BCUT2D eigenvalue weighted by Crippen LogP contribution is 2.28. The van der Waals surface area contributed by atoms with Crippen LogP contribution in [-0.4, -0.2) is 53.3 Å². The summed E-state index contributed by atoms with van der Waals surface area (Å²) in [6.07, 6.45) is 1.64. The third kappa shape index (κ3) is 3.16. The monoisotopic (exact) mass is 382 g/mol. The molecule has 0 unspecified atom stereocenters. The highest BCUT2D eigenvalue weighted by molar-refractivity contribution is 5.99. The number of aromatic nitrogens is 2. The predicted octanol–water partition coefficient (Wildman–Crippen LogP) is 1.90. The van der Waals surface area contributed by atoms with Gasteiger partial charge in [-0.05, 0) is 19.1 Å². The summed E-state index contributed by atoms with van der Waals surface area (Å²) in [7, 11) is 1.58. The number of furan rings is 1. The summed E-state index contributed by atoms with van der Waals surface area (Å²) < 4.78 is 12.5. The van der Waals surface area contributed by atoms with Gasteiger partial charge in [0.25, 0.3) is 5.91 Å². The molecule has 1 aliphatic rings. The number of carbonyl (C=O) groups is 2. The first-order valence-electron chi connectivity index (χ1n) is 9.16. The van der Waals surface area contributed by atoms with Gasteiger partial charge >= 0.3 is 0 Å². The lowest BCUT2D eigenvalue weighted by Gasteiger charge is -2.32. The number of carbonyl (C=O) groups excluding carboxylic acids is 2. The topological polar surface area (TPSA) is 89.6 Å². The van der Waals surface area contributed by atoms with Crippen molar-refractivity contribution in [2.24, 2.45) is 0 Å². The first-order chi connectivity index (χ1) is 13.6. The van der Waals surface area contributed by atoms with E-state index in [1.165, 1.54) is 0 Å². The maximum atomic E-state index is 13.2. The van der Waals surface area contributed by atoms with Crippen LogP contribution >= 0.6 is 0 Å². The molecule has 0 spiro atoms. The van der Waals surface area contributed by atoms with Gasteiger partial charge in [0.05, 0.1) is 25.4 Å². The Bertz CT molecular complexity index is 1020. The van der Waals surface area contributed by atoms with Crippen molar-refractivity contribution in [3.63, 3.8) is 0 Å². The Labute approximate surface area is 162 Å². The van der Waals surface area contributed by atoms with Gasteiger partial charge in [0.1, 0.15) is 11.6 Å². The van der Waals surface area contributed by atoms with E-state index in [9.17, 15) is 9.59 Å². The SMILES string of the molecule is COCCNC(=O)[C@@H]1CN(C(=O)c2oc3ccccc3c2C)Cc2ccnn21. The molecule has 3 heterocycles. The highest BCUT2D eigenvalue weighted by atomic mass is 16.5. The molecule has 8 heteroatoms. The van der Waals surface area contributed by atoms with Crippen LogP contribution in [0.4, 0.5) is 0 Å². The number of rotatable bonds is 5. The number of amides is 2. The van der Waals surface area contributed by atoms with Crippen LogP contribution in [0.25, 0.3) is 11.0 Å². The molecule has 8 nitrogen and oxygen atoms in total. The first kappa shape index (κ1) is 18.2. The van der Waals surface area contributed by atoms with Crippen LogP contribution in [0.15, 0.2) is 40.9 Å². The van der Waals surface area contributed by atoms with Crippen molar-refractivity contribution in [1.82, 2.24) is 20.0 Å². The average molecular weight is 382 g/mol. The molecule has 0 radical (unpaired) electrons. The number of nitrogens with one attached hydrogen (secondary N) is 1. The van der Waals surface area contributed by atoms with Gasteiger partial charge in [0, 0.05) is 30.8 Å². The van der Waals surface area contributed by atoms with Gasteiger partial charge in [-0.1, -0.05) is 18.2 Å². The van der Waals surface area contributed by atoms with Gasteiger partial charge in [-0.2, -0.15) is 5.10 Å². The molecule has 1 aliphatic heterocycles. The molecule has 0 saturated heterocycles. The van der Waals surface area contributed by atoms with Crippen molar-refractivity contribution in [3.8, 4) is 0 Å². The van der Waals surface area contributed by atoms with Crippen LogP contribution in [0.5, 0.6) is 0 Å². The molecule has 0 bridgehead atoms. The number of hydrogen-bond acceptors (Lipinski definition) is 5. The van der Waals surface area contributed by atoms with E-state index in [-0.39, 0.29) is 18.4 Å². The first-order valence-corrected chi connectivity index (χ1v) is 9.16. The molecule has 0 saturated carbocycles. The molecule has 0 aliphatic carbocycles. The standard InChI is InChI=1S/C20H22N4O4/c1-13-15-5-3-4-6-17(15)28-18(13)20(26)23-11-14-7-8-22-24(14)16(12-23)19(25)21-9-10-27-2/h3-8,16H,9-12H2,1-2H3,(H,21,25)/t16-/m0/s1. The van der Waals surface area contributed by atoms with Gasteiger partial charge in [0.2, 0.25) is 5.91 Å². The minimum Gasteiger partial charge on any atom is -0.451 e. The number of para-hydroxylation sites is 1. The number of ether oxygens (including phenoxy) is 1. The Kier molecular flexibility index (Phi) is 4.87. The smallest absolute Gasteiger partial charge is 0.290 e. The second-order valence-corrected chi connectivity index (χ2v) is 6.80. The summed E-state index contributed by atoms with van der Waals surface area (Å²) in [5.74, 6) is -0.107. The number of benzene rings is 1. The maximum absolute atomic E-state index is 13.2. The number of fused-ring (bicyclic) bond motifs is 2. The highest BCUT2D eigenvalue weighted by Gasteiger charge is 2.35. The molecule has 0 fully saturated rings. The molecule has 3 aromatic rings. The summed E-state index contributed by atoms with van der Waals surface area (Å²) in [6, 6.07) is 8.79. The molecule has 1 N–H and O–H groups in total. The van der Waals surface area contributed by atoms with Crippen molar-refractivity contribution >= 4 is 22.8 Å². The van der Waals surface area contributed by atoms with Gasteiger partial charge in [-0.3, -0.25) is 14.3 Å². The van der Waals surface area contributed by atoms with Gasteiger partial charge in [-0.15, -0.1) is 0 Å². The van der Waals surface area contributed by atoms with E-state index in [0.29, 0.717) is 31.0 Å². The fourth-order valence-corrected chi connectivity index (χ4v) is 3.56. The van der Waals surface area contributed by atoms with Gasteiger partial charge in [0.15, 0.2) is 5.76 Å². The van der Waals surface area contributed by atoms with Crippen LogP contribution in [0.1, 0.15) is 27.9 Å². The van der Waals surface area contributed by atoms with Crippen molar-refractivity contribution < 1.29 is 18.7 Å². The number of methoxy groups -OCH3 is 1. The van der Waals surface area contributed by atoms with Crippen molar-refractivity contribution in [2.75, 3.05) is 26.8 Å². The van der Waals surface area contributed by atoms with E-state index >= 15 is 0 Å². The summed E-state index contributed by atoms with van der Waals surface area (Å²) in [5, 5.41) is 8.02. The number of nitrogens with zero attached hydrogens (tertiary/aromatic N) is 3. The fraction of sp³-hybridized carbons (Fsp3) is 0.350. The van der Waals surface area contributed by atoms with E-state index in [1.54, 1.807) is 22.9 Å². The lowest BCUT2D eigenvalue weighted by molar-refractivity contribution is -0.125. The third-order valence-electron chi connectivity index (χ3n) is 5.03. The average Bonchev–Trinajstić information content (AvgIpc) is 3.31. The van der Waals surface area contributed by atoms with E-state index in [1.807, 2.05) is 37.3 Å². The lowest BCUT2D eigenvalue weighted by atomic mass is 10.1. The lowest BCUT2D eigenvalue weighted by Crippen LogP contribution is -2.47. The Morgan fingerprint density at radius 2 is 2.14 bits per heavy atom. The summed E-state index contributed by atoms with van der Waals surface area (Å²) >= 11 is 0. The van der Waals surface area contributed by atoms with E-state index < -0.39 is 6.04 Å². The summed E-state index contributed by atoms with van der Waals surface area (Å²) in [5.41, 5.74) is 2.29. The molecule has 146 valence electrons. The summed E-state index contributed by atoms with van der Waals surface area (Å²) in [4.78, 5) is 27.5. The number of hydrogen-bond donors (Lipinski definition) is 1. The maximum Gasteiger partial charge on any atom is 0.290 e. The molecule has 4 rings (SSSR count). The minimum atomic E-state index is -0.593. The zero-order valence-electron chi connectivity index (χ0n) is 15.8. The van der Waals surface area contributed by atoms with Crippen LogP contribution in [0.2, 0.25) is 0 Å². The van der Waals surface area contributed by atoms with E-state index in [2.05, 4.69) is 10.4 Å². The second kappa shape index (κ2) is 7.47. The van der Waals surface area contributed by atoms with Crippen LogP contribution in [0, 0.1) is 6.92 Å². The fourth-order valence-electron chi connectivity index (χ4n) is 3.56. The van der Waals surface area contributed by atoms with Crippen molar-refractivity contribution in [2.45, 2.75) is 19.5 Å². The predicted molar refractivity (Wildman–Crippen MR) is 102 cm³/mol. The molecule has 1 aromatic carbocycles. The Hall–Kier alpha value is -3.13. The van der Waals surface area contributed by atoms with E-state index in [4.69, 9.17) is 9.15 Å². The van der Waals surface area contributed by atoms with E-state index in [0.717, 1.165) is 16.6 Å². The van der Waals surface area contributed by atoms with Gasteiger partial charge < -0.3 is 19.4 Å². The number of aryl methyl sites for hydroxylation is 1. The molecule has 2 aromatic heterocycles. The van der Waals surface area contributed by atoms with Crippen LogP contribution in [0.3, 0.4) is 0 Å². The molecule has 28 heavy (non-hydrogen) atoms. The molecular weight excluding hydrogens is 360 g/mol. The van der Waals surface area contributed by atoms with Crippen molar-refractivity contribution in [1.29, 1.82) is 0 Å². The van der Waals surface area contributed by atoms with Crippen molar-refractivity contribution in [3.05, 3.63) is 53.5 Å².